The summed E-state index contributed by atoms with van der Waals surface area (Å²) in [5.41, 5.74) is 2.97. The van der Waals surface area contributed by atoms with Gasteiger partial charge in [0.2, 0.25) is 11.8 Å². The van der Waals surface area contributed by atoms with Crippen molar-refractivity contribution < 1.29 is 47.7 Å². The Hall–Kier alpha value is -6.15. The topological polar surface area (TPSA) is 175 Å². The summed E-state index contributed by atoms with van der Waals surface area (Å²) in [6.45, 7) is 1.11. The summed E-state index contributed by atoms with van der Waals surface area (Å²) < 4.78 is 21.7. The molecule has 0 saturated heterocycles. The highest BCUT2D eigenvalue weighted by Gasteiger charge is 2.28. The Bertz CT molecular complexity index is 1850. The number of nitrogens with one attached hydrogen (secondary N) is 3. The Kier molecular flexibility index (Phi) is 17.9. The summed E-state index contributed by atoms with van der Waals surface area (Å²) in [7, 11) is 0. The average molecular weight is 784 g/mol. The summed E-state index contributed by atoms with van der Waals surface area (Å²) in [5.74, 6) is -3.38. The molecule has 0 aromatic heterocycles. The number of esters is 3. The number of amides is 3. The molecule has 0 heterocycles. The van der Waals surface area contributed by atoms with Gasteiger partial charge in [-0.15, -0.1) is 0 Å². The maximum atomic E-state index is 13.4. The fourth-order valence-electron chi connectivity index (χ4n) is 5.07. The van der Waals surface area contributed by atoms with Crippen LogP contribution in [0.4, 0.5) is 4.79 Å². The third-order valence-corrected chi connectivity index (χ3v) is 9.11. The van der Waals surface area contributed by atoms with E-state index in [0.29, 0.717) is 0 Å². The molecule has 56 heavy (non-hydrogen) atoms. The Morgan fingerprint density at radius 2 is 0.839 bits per heavy atom. The minimum Gasteiger partial charge on any atom is -0.459 e. The van der Waals surface area contributed by atoms with Crippen LogP contribution in [0.1, 0.15) is 42.0 Å². The SMILES string of the molecule is CC(=O)N[C@H](CCC(=O)N[C@H](CSC[C@H](NC(=O)OCc1ccccc1)C(=O)OCc1ccccc1)C(=O)OCc1ccccc1)C(=O)OCc1ccccc1. The Morgan fingerprint density at radius 1 is 0.482 bits per heavy atom. The number of carbonyl (C=O) groups excluding carboxylic acids is 6. The lowest BCUT2D eigenvalue weighted by atomic mass is 10.1. The number of ether oxygens (including phenoxy) is 4. The third kappa shape index (κ3) is 16.1. The zero-order valence-corrected chi connectivity index (χ0v) is 31.7. The van der Waals surface area contributed by atoms with E-state index in [1.807, 2.05) is 24.3 Å². The molecule has 294 valence electrons. The van der Waals surface area contributed by atoms with Crippen LogP contribution >= 0.6 is 11.8 Å². The number of benzene rings is 4. The Balaban J connectivity index is 1.39. The molecule has 0 saturated carbocycles. The number of carbonyl (C=O) groups is 6. The fraction of sp³-hybridized carbons (Fsp3) is 0.286. The van der Waals surface area contributed by atoms with E-state index < -0.39 is 53.9 Å². The van der Waals surface area contributed by atoms with Crippen LogP contribution in [0.2, 0.25) is 0 Å². The van der Waals surface area contributed by atoms with Crippen molar-refractivity contribution in [1.29, 1.82) is 0 Å². The molecule has 0 aliphatic rings. The molecule has 4 aromatic carbocycles. The second kappa shape index (κ2) is 23.6. The largest absolute Gasteiger partial charge is 0.459 e. The fourth-order valence-corrected chi connectivity index (χ4v) is 6.12. The van der Waals surface area contributed by atoms with Crippen LogP contribution in [0.25, 0.3) is 0 Å². The van der Waals surface area contributed by atoms with Crippen molar-refractivity contribution in [2.24, 2.45) is 0 Å². The molecule has 4 aromatic rings. The first-order valence-electron chi connectivity index (χ1n) is 17.9. The predicted molar refractivity (Wildman–Crippen MR) is 208 cm³/mol. The van der Waals surface area contributed by atoms with Crippen molar-refractivity contribution in [2.75, 3.05) is 11.5 Å². The van der Waals surface area contributed by atoms with Gasteiger partial charge >= 0.3 is 24.0 Å². The lowest BCUT2D eigenvalue weighted by Crippen LogP contribution is -2.46. The second-order valence-electron chi connectivity index (χ2n) is 12.5. The van der Waals surface area contributed by atoms with E-state index in [4.69, 9.17) is 18.9 Å². The van der Waals surface area contributed by atoms with Crippen LogP contribution in [-0.2, 0) is 69.3 Å². The summed E-state index contributed by atoms with van der Waals surface area (Å²) >= 11 is 1.09. The first kappa shape index (κ1) is 42.6. The van der Waals surface area contributed by atoms with E-state index >= 15 is 0 Å². The van der Waals surface area contributed by atoms with Crippen LogP contribution in [0.5, 0.6) is 0 Å². The van der Waals surface area contributed by atoms with Gasteiger partial charge in [0.05, 0.1) is 0 Å². The average Bonchev–Trinajstić information content (AvgIpc) is 3.22. The molecule has 3 amide bonds. The van der Waals surface area contributed by atoms with Crippen molar-refractivity contribution in [1.82, 2.24) is 16.0 Å². The molecule has 3 atom stereocenters. The van der Waals surface area contributed by atoms with E-state index in [-0.39, 0.29) is 50.8 Å². The van der Waals surface area contributed by atoms with E-state index in [1.54, 1.807) is 97.1 Å². The van der Waals surface area contributed by atoms with Gasteiger partial charge in [-0.25, -0.2) is 19.2 Å². The van der Waals surface area contributed by atoms with Crippen LogP contribution in [0.15, 0.2) is 121 Å². The van der Waals surface area contributed by atoms with Crippen LogP contribution in [0.3, 0.4) is 0 Å². The predicted octanol–water partition coefficient (Wildman–Crippen LogP) is 5.01. The Morgan fingerprint density at radius 3 is 1.23 bits per heavy atom. The standard InChI is InChI=1S/C42H45N3O10S/c1-30(46)43-35(39(48)52-24-31-14-6-2-7-15-31)22-23-38(47)44-36(40(49)53-25-32-16-8-3-9-17-32)28-56-29-37(41(50)54-26-33-18-10-4-11-19-33)45-42(51)55-27-34-20-12-5-13-21-34/h2-21,35-37H,22-29H2,1H3,(H,43,46)(H,44,47)(H,45,51)/t35-,36-,37+/m1/s1. The molecule has 0 radical (unpaired) electrons. The lowest BCUT2D eigenvalue weighted by molar-refractivity contribution is -0.150. The van der Waals surface area contributed by atoms with Gasteiger partial charge in [0.15, 0.2) is 0 Å². The molecular formula is C42H45N3O10S. The molecule has 0 fully saturated rings. The lowest BCUT2D eigenvalue weighted by Gasteiger charge is -2.21. The van der Waals surface area contributed by atoms with Crippen molar-refractivity contribution in [3.05, 3.63) is 144 Å². The minimum atomic E-state index is -1.19. The van der Waals surface area contributed by atoms with E-state index in [9.17, 15) is 28.8 Å². The van der Waals surface area contributed by atoms with Crippen molar-refractivity contribution in [2.45, 2.75) is 64.3 Å². The smallest absolute Gasteiger partial charge is 0.408 e. The molecule has 0 spiro atoms. The van der Waals surface area contributed by atoms with Gasteiger partial charge in [-0.1, -0.05) is 121 Å². The molecule has 3 N–H and O–H groups in total. The Labute approximate surface area is 329 Å². The molecule has 0 aliphatic carbocycles. The number of alkyl carbamates (subject to hydrolysis) is 1. The van der Waals surface area contributed by atoms with E-state index in [2.05, 4.69) is 16.0 Å². The van der Waals surface area contributed by atoms with Gasteiger partial charge in [0, 0.05) is 24.9 Å². The molecule has 0 unspecified atom stereocenters. The number of thioether (sulfide) groups is 1. The quantitative estimate of drug-likeness (QED) is 0.0765. The van der Waals surface area contributed by atoms with Crippen molar-refractivity contribution in [3.63, 3.8) is 0 Å². The number of rotatable bonds is 21. The summed E-state index contributed by atoms with van der Waals surface area (Å²) in [5, 5.41) is 7.73. The van der Waals surface area contributed by atoms with Crippen LogP contribution in [0, 0.1) is 0 Å². The highest BCUT2D eigenvalue weighted by atomic mass is 32.2. The first-order chi connectivity index (χ1) is 27.2. The van der Waals surface area contributed by atoms with Gasteiger partial charge in [0.1, 0.15) is 44.6 Å². The summed E-state index contributed by atoms with van der Waals surface area (Å²) in [6, 6.07) is 32.5. The number of hydrogen-bond donors (Lipinski definition) is 3. The zero-order valence-electron chi connectivity index (χ0n) is 30.9. The van der Waals surface area contributed by atoms with Gasteiger partial charge in [-0.2, -0.15) is 11.8 Å². The van der Waals surface area contributed by atoms with Crippen LogP contribution < -0.4 is 16.0 Å². The molecule has 13 nitrogen and oxygen atoms in total. The van der Waals surface area contributed by atoms with E-state index in [0.717, 1.165) is 34.0 Å². The normalized spacial score (nSPS) is 12.2. The summed E-state index contributed by atoms with van der Waals surface area (Å²) in [4.78, 5) is 77.4. The third-order valence-electron chi connectivity index (χ3n) is 7.97. The number of hydrogen-bond acceptors (Lipinski definition) is 11. The molecular weight excluding hydrogens is 739 g/mol. The highest BCUT2D eigenvalue weighted by molar-refractivity contribution is 7.99. The zero-order chi connectivity index (χ0) is 40.0. The molecule has 14 heteroatoms. The van der Waals surface area contributed by atoms with Crippen LogP contribution in [-0.4, -0.2) is 65.4 Å². The van der Waals surface area contributed by atoms with Crippen molar-refractivity contribution >= 4 is 47.6 Å². The maximum absolute atomic E-state index is 13.4. The molecule has 0 bridgehead atoms. The highest BCUT2D eigenvalue weighted by Crippen LogP contribution is 2.13. The molecule has 4 rings (SSSR count). The van der Waals surface area contributed by atoms with Crippen molar-refractivity contribution in [3.8, 4) is 0 Å². The maximum Gasteiger partial charge on any atom is 0.408 e. The van der Waals surface area contributed by atoms with Gasteiger partial charge in [-0.3, -0.25) is 9.59 Å². The second-order valence-corrected chi connectivity index (χ2v) is 13.6. The first-order valence-corrected chi connectivity index (χ1v) is 19.0. The van der Waals surface area contributed by atoms with E-state index in [1.165, 1.54) is 6.92 Å². The van der Waals surface area contributed by atoms with Gasteiger partial charge < -0.3 is 34.9 Å². The van der Waals surface area contributed by atoms with Gasteiger partial charge in [-0.05, 0) is 28.7 Å². The van der Waals surface area contributed by atoms with Gasteiger partial charge in [0.25, 0.3) is 0 Å². The summed E-state index contributed by atoms with van der Waals surface area (Å²) in [6.07, 6.45) is -1.20. The minimum absolute atomic E-state index is 0.0189. The monoisotopic (exact) mass is 783 g/mol. The molecule has 0 aliphatic heterocycles.